The number of ether oxygens (including phenoxy) is 1. The van der Waals surface area contributed by atoms with E-state index in [4.69, 9.17) is 10.5 Å². The second kappa shape index (κ2) is 9.05. The molecular weight excluding hydrogens is 306 g/mol. The van der Waals surface area contributed by atoms with Gasteiger partial charge in [0.2, 0.25) is 0 Å². The monoisotopic (exact) mass is 337 g/mol. The zero-order valence-corrected chi connectivity index (χ0v) is 15.3. The standard InChI is InChI=1S/C23H31NO/c24-17-13-20-9-11-22(12-10-20)25-18-16-23(14-5-2-6-15-23)19-21-7-3-1-4-8-21/h1,3-4,7-12H,2,5-6,13-19,24H2. The van der Waals surface area contributed by atoms with Gasteiger partial charge in [-0.3, -0.25) is 0 Å². The molecule has 0 aromatic heterocycles. The van der Waals surface area contributed by atoms with Crippen molar-refractivity contribution in [3.8, 4) is 5.75 Å². The van der Waals surface area contributed by atoms with Gasteiger partial charge in [-0.2, -0.15) is 0 Å². The molecule has 0 unspecified atom stereocenters. The first-order valence-corrected chi connectivity index (χ1v) is 9.75. The molecule has 2 nitrogen and oxygen atoms in total. The lowest BCUT2D eigenvalue weighted by molar-refractivity contribution is 0.136. The molecule has 1 aliphatic carbocycles. The number of hydrogen-bond donors (Lipinski definition) is 1. The van der Waals surface area contributed by atoms with Gasteiger partial charge in [-0.25, -0.2) is 0 Å². The Kier molecular flexibility index (Phi) is 6.52. The molecule has 3 rings (SSSR count). The molecule has 1 fully saturated rings. The van der Waals surface area contributed by atoms with Crippen LogP contribution in [-0.2, 0) is 12.8 Å². The molecule has 0 bridgehead atoms. The molecule has 0 heterocycles. The van der Waals surface area contributed by atoms with Crippen molar-refractivity contribution in [1.29, 1.82) is 0 Å². The number of nitrogens with two attached hydrogens (primary N) is 1. The molecule has 2 heteroatoms. The lowest BCUT2D eigenvalue weighted by atomic mass is 9.68. The molecule has 0 amide bonds. The third-order valence-electron chi connectivity index (χ3n) is 5.59. The van der Waals surface area contributed by atoms with Gasteiger partial charge >= 0.3 is 0 Å². The summed E-state index contributed by atoms with van der Waals surface area (Å²) >= 11 is 0. The minimum absolute atomic E-state index is 0.416. The third kappa shape index (κ3) is 5.34. The lowest BCUT2D eigenvalue weighted by Gasteiger charge is -2.37. The van der Waals surface area contributed by atoms with Crippen LogP contribution in [0.3, 0.4) is 0 Å². The molecule has 25 heavy (non-hydrogen) atoms. The van der Waals surface area contributed by atoms with Crippen LogP contribution in [0, 0.1) is 5.41 Å². The fourth-order valence-corrected chi connectivity index (χ4v) is 4.15. The number of benzene rings is 2. The summed E-state index contributed by atoms with van der Waals surface area (Å²) in [5.74, 6) is 0.978. The highest BCUT2D eigenvalue weighted by Gasteiger charge is 2.32. The van der Waals surface area contributed by atoms with Gasteiger partial charge in [-0.15, -0.1) is 0 Å². The van der Waals surface area contributed by atoms with Crippen molar-refractivity contribution in [1.82, 2.24) is 0 Å². The van der Waals surface area contributed by atoms with Crippen molar-refractivity contribution in [2.45, 2.75) is 51.4 Å². The maximum Gasteiger partial charge on any atom is 0.119 e. The Morgan fingerprint density at radius 3 is 2.24 bits per heavy atom. The van der Waals surface area contributed by atoms with Crippen LogP contribution < -0.4 is 10.5 Å². The van der Waals surface area contributed by atoms with Crippen molar-refractivity contribution < 1.29 is 4.74 Å². The summed E-state index contributed by atoms with van der Waals surface area (Å²) in [5.41, 5.74) is 8.77. The molecule has 0 aliphatic heterocycles. The summed E-state index contributed by atoms with van der Waals surface area (Å²) in [6.07, 6.45) is 10.0. The second-order valence-corrected chi connectivity index (χ2v) is 7.50. The molecule has 1 aliphatic rings. The van der Waals surface area contributed by atoms with E-state index in [0.717, 1.165) is 25.2 Å². The maximum absolute atomic E-state index is 6.07. The minimum atomic E-state index is 0.416. The second-order valence-electron chi connectivity index (χ2n) is 7.50. The third-order valence-corrected chi connectivity index (χ3v) is 5.59. The summed E-state index contributed by atoms with van der Waals surface area (Å²) in [5, 5.41) is 0. The van der Waals surface area contributed by atoms with Crippen LogP contribution in [0.25, 0.3) is 0 Å². The lowest BCUT2D eigenvalue weighted by Crippen LogP contribution is -2.29. The first-order valence-electron chi connectivity index (χ1n) is 9.75. The van der Waals surface area contributed by atoms with Crippen molar-refractivity contribution >= 4 is 0 Å². The van der Waals surface area contributed by atoms with Crippen LogP contribution in [-0.4, -0.2) is 13.2 Å². The van der Waals surface area contributed by atoms with E-state index < -0.39 is 0 Å². The van der Waals surface area contributed by atoms with E-state index in [0.29, 0.717) is 12.0 Å². The number of hydrogen-bond acceptors (Lipinski definition) is 2. The first kappa shape index (κ1) is 18.0. The maximum atomic E-state index is 6.07. The molecule has 0 radical (unpaired) electrons. The first-order chi connectivity index (χ1) is 12.3. The van der Waals surface area contributed by atoms with Gasteiger partial charge in [-0.1, -0.05) is 61.7 Å². The van der Waals surface area contributed by atoms with Crippen LogP contribution in [0.2, 0.25) is 0 Å². The summed E-state index contributed by atoms with van der Waals surface area (Å²) in [4.78, 5) is 0. The molecular formula is C23H31NO. The largest absolute Gasteiger partial charge is 0.494 e. The van der Waals surface area contributed by atoms with Crippen LogP contribution in [0.5, 0.6) is 5.75 Å². The van der Waals surface area contributed by atoms with E-state index in [1.54, 1.807) is 0 Å². The van der Waals surface area contributed by atoms with Gasteiger partial charge in [0.05, 0.1) is 6.61 Å². The van der Waals surface area contributed by atoms with Crippen LogP contribution in [0.15, 0.2) is 54.6 Å². The number of rotatable bonds is 8. The van der Waals surface area contributed by atoms with E-state index in [-0.39, 0.29) is 0 Å². The van der Waals surface area contributed by atoms with Crippen LogP contribution >= 0.6 is 0 Å². The van der Waals surface area contributed by atoms with Gasteiger partial charge in [0.15, 0.2) is 0 Å². The summed E-state index contributed by atoms with van der Waals surface area (Å²) in [6.45, 7) is 1.51. The average molecular weight is 338 g/mol. The Balaban J connectivity index is 1.57. The van der Waals surface area contributed by atoms with E-state index in [9.17, 15) is 0 Å². The van der Waals surface area contributed by atoms with Gasteiger partial charge in [-0.05, 0) is 67.3 Å². The average Bonchev–Trinajstić information content (AvgIpc) is 2.65. The Morgan fingerprint density at radius 1 is 0.840 bits per heavy atom. The molecule has 0 spiro atoms. The van der Waals surface area contributed by atoms with E-state index in [2.05, 4.69) is 54.6 Å². The van der Waals surface area contributed by atoms with Crippen molar-refractivity contribution in [2.24, 2.45) is 11.1 Å². The molecule has 1 saturated carbocycles. The predicted octanol–water partition coefficient (Wildman–Crippen LogP) is 5.15. The van der Waals surface area contributed by atoms with Gasteiger partial charge in [0.1, 0.15) is 5.75 Å². The zero-order valence-electron chi connectivity index (χ0n) is 15.3. The highest BCUT2D eigenvalue weighted by Crippen LogP contribution is 2.42. The SMILES string of the molecule is NCCc1ccc(OCCC2(Cc3ccccc3)CCCCC2)cc1. The zero-order chi connectivity index (χ0) is 17.4. The van der Waals surface area contributed by atoms with E-state index in [1.807, 2.05) is 0 Å². The van der Waals surface area contributed by atoms with Gasteiger partial charge in [0, 0.05) is 0 Å². The molecule has 2 N–H and O–H groups in total. The summed E-state index contributed by atoms with van der Waals surface area (Å²) in [7, 11) is 0. The van der Waals surface area contributed by atoms with Crippen LogP contribution in [0.4, 0.5) is 0 Å². The van der Waals surface area contributed by atoms with Gasteiger partial charge < -0.3 is 10.5 Å². The van der Waals surface area contributed by atoms with Crippen molar-refractivity contribution in [3.63, 3.8) is 0 Å². The molecule has 0 atom stereocenters. The molecule has 134 valence electrons. The van der Waals surface area contributed by atoms with Crippen molar-refractivity contribution in [2.75, 3.05) is 13.2 Å². The van der Waals surface area contributed by atoms with Crippen LogP contribution in [0.1, 0.15) is 49.7 Å². The summed E-state index contributed by atoms with van der Waals surface area (Å²) < 4.78 is 6.07. The highest BCUT2D eigenvalue weighted by molar-refractivity contribution is 5.27. The van der Waals surface area contributed by atoms with Crippen molar-refractivity contribution in [3.05, 3.63) is 65.7 Å². The van der Waals surface area contributed by atoms with E-state index in [1.165, 1.54) is 49.7 Å². The normalized spacial score (nSPS) is 16.5. The predicted molar refractivity (Wildman–Crippen MR) is 105 cm³/mol. The summed E-state index contributed by atoms with van der Waals surface area (Å²) in [6, 6.07) is 19.4. The minimum Gasteiger partial charge on any atom is -0.494 e. The Bertz CT molecular complexity index is 614. The van der Waals surface area contributed by atoms with Gasteiger partial charge in [0.25, 0.3) is 0 Å². The topological polar surface area (TPSA) is 35.2 Å². The molecule has 2 aromatic rings. The fraction of sp³-hybridized carbons (Fsp3) is 0.478. The molecule has 0 saturated heterocycles. The Hall–Kier alpha value is -1.80. The Labute approximate surface area is 152 Å². The van der Waals surface area contributed by atoms with E-state index >= 15 is 0 Å². The Morgan fingerprint density at radius 2 is 1.56 bits per heavy atom. The quantitative estimate of drug-likeness (QED) is 0.723. The molecule has 2 aromatic carbocycles. The smallest absolute Gasteiger partial charge is 0.119 e. The highest BCUT2D eigenvalue weighted by atomic mass is 16.5. The fourth-order valence-electron chi connectivity index (χ4n) is 4.15.